The monoisotopic (exact) mass is 270 g/mol. The molecule has 20 heavy (non-hydrogen) atoms. The van der Waals surface area contributed by atoms with Crippen molar-refractivity contribution in [1.82, 2.24) is 9.47 Å². The van der Waals surface area contributed by atoms with Crippen molar-refractivity contribution in [3.8, 4) is 0 Å². The van der Waals surface area contributed by atoms with E-state index in [2.05, 4.69) is 19.9 Å². The highest BCUT2D eigenvalue weighted by Gasteiger charge is 2.27. The average Bonchev–Trinajstić information content (AvgIpc) is 2.75. The summed E-state index contributed by atoms with van der Waals surface area (Å²) in [4.78, 5) is 14.9. The fourth-order valence-electron chi connectivity index (χ4n) is 3.51. The quantitative estimate of drug-likeness (QED) is 0.780. The predicted molar refractivity (Wildman–Crippen MR) is 81.8 cm³/mol. The van der Waals surface area contributed by atoms with Crippen molar-refractivity contribution >= 4 is 16.8 Å². The van der Waals surface area contributed by atoms with Gasteiger partial charge in [-0.1, -0.05) is 32.0 Å². The van der Waals surface area contributed by atoms with E-state index in [1.165, 1.54) is 6.42 Å². The van der Waals surface area contributed by atoms with Crippen LogP contribution in [0.1, 0.15) is 30.6 Å². The number of amides is 1. The van der Waals surface area contributed by atoms with Crippen LogP contribution in [-0.4, -0.2) is 28.5 Å². The molecule has 0 bridgehead atoms. The summed E-state index contributed by atoms with van der Waals surface area (Å²) in [6.45, 7) is 6.23. The van der Waals surface area contributed by atoms with E-state index >= 15 is 0 Å². The number of aromatic nitrogens is 1. The molecule has 2 atom stereocenters. The summed E-state index contributed by atoms with van der Waals surface area (Å²) < 4.78 is 2.04. The summed E-state index contributed by atoms with van der Waals surface area (Å²) in [7, 11) is 2.00. The molecule has 3 nitrogen and oxygen atoms in total. The Bertz CT molecular complexity index is 633. The van der Waals surface area contributed by atoms with Crippen molar-refractivity contribution in [3.05, 3.63) is 36.0 Å². The molecular weight excluding hydrogens is 248 g/mol. The van der Waals surface area contributed by atoms with Crippen molar-refractivity contribution in [2.75, 3.05) is 13.1 Å². The SMILES string of the molecule is C[C@@H]1C[C@@H](C)CN(C(=O)c2cn(C)c3ccccc23)C1. The maximum Gasteiger partial charge on any atom is 0.256 e. The summed E-state index contributed by atoms with van der Waals surface area (Å²) in [5.41, 5.74) is 1.96. The van der Waals surface area contributed by atoms with Crippen LogP contribution in [0.15, 0.2) is 30.5 Å². The van der Waals surface area contributed by atoms with Gasteiger partial charge in [-0.3, -0.25) is 4.79 Å². The van der Waals surface area contributed by atoms with Crippen LogP contribution >= 0.6 is 0 Å². The molecule has 0 spiro atoms. The molecule has 1 saturated heterocycles. The van der Waals surface area contributed by atoms with Gasteiger partial charge >= 0.3 is 0 Å². The second-order valence-corrected chi connectivity index (χ2v) is 6.33. The van der Waals surface area contributed by atoms with Gasteiger partial charge in [-0.25, -0.2) is 0 Å². The molecule has 0 radical (unpaired) electrons. The molecular formula is C17H22N2O. The van der Waals surface area contributed by atoms with Crippen LogP contribution in [0.2, 0.25) is 0 Å². The molecule has 106 valence electrons. The Morgan fingerprint density at radius 1 is 1.15 bits per heavy atom. The van der Waals surface area contributed by atoms with E-state index in [9.17, 15) is 4.79 Å². The average molecular weight is 270 g/mol. The Kier molecular flexibility index (Phi) is 3.28. The fraction of sp³-hybridized carbons (Fsp3) is 0.471. The molecule has 0 aliphatic carbocycles. The highest BCUT2D eigenvalue weighted by Crippen LogP contribution is 2.26. The number of para-hydroxylation sites is 1. The molecule has 1 fully saturated rings. The number of likely N-dealkylation sites (tertiary alicyclic amines) is 1. The van der Waals surface area contributed by atoms with E-state index in [1.54, 1.807) is 0 Å². The van der Waals surface area contributed by atoms with Crippen molar-refractivity contribution in [1.29, 1.82) is 0 Å². The lowest BCUT2D eigenvalue weighted by molar-refractivity contribution is 0.0625. The van der Waals surface area contributed by atoms with Crippen molar-refractivity contribution in [2.45, 2.75) is 20.3 Å². The van der Waals surface area contributed by atoms with Gasteiger partial charge < -0.3 is 9.47 Å². The van der Waals surface area contributed by atoms with Gasteiger partial charge in [0.25, 0.3) is 5.91 Å². The van der Waals surface area contributed by atoms with Crippen LogP contribution in [-0.2, 0) is 7.05 Å². The van der Waals surface area contributed by atoms with Crippen LogP contribution in [0.5, 0.6) is 0 Å². The standard InChI is InChI=1S/C17H22N2O/c1-12-8-13(2)10-19(9-12)17(20)15-11-18(3)16-7-5-4-6-14(15)16/h4-7,11-13H,8-10H2,1-3H3/t12-,13-/m1/s1. The smallest absolute Gasteiger partial charge is 0.256 e. The molecule has 1 aromatic carbocycles. The Labute approximate surface area is 120 Å². The maximum atomic E-state index is 12.8. The Morgan fingerprint density at radius 3 is 2.50 bits per heavy atom. The zero-order chi connectivity index (χ0) is 14.3. The van der Waals surface area contributed by atoms with Crippen LogP contribution in [0.3, 0.4) is 0 Å². The topological polar surface area (TPSA) is 25.2 Å². The van der Waals surface area contributed by atoms with Gasteiger partial charge in [0, 0.05) is 37.2 Å². The number of piperidine rings is 1. The Balaban J connectivity index is 1.96. The zero-order valence-corrected chi connectivity index (χ0v) is 12.5. The number of benzene rings is 1. The van der Waals surface area contributed by atoms with Gasteiger partial charge in [-0.2, -0.15) is 0 Å². The molecule has 1 aliphatic heterocycles. The number of nitrogens with zero attached hydrogens (tertiary/aromatic N) is 2. The maximum absolute atomic E-state index is 12.8. The van der Waals surface area contributed by atoms with E-state index in [0.29, 0.717) is 11.8 Å². The number of carbonyl (C=O) groups is 1. The Morgan fingerprint density at radius 2 is 1.80 bits per heavy atom. The third-order valence-electron chi connectivity index (χ3n) is 4.28. The number of hydrogen-bond acceptors (Lipinski definition) is 1. The lowest BCUT2D eigenvalue weighted by Gasteiger charge is -2.34. The largest absolute Gasteiger partial charge is 0.350 e. The third kappa shape index (κ3) is 2.21. The normalized spacial score (nSPS) is 23.2. The minimum Gasteiger partial charge on any atom is -0.350 e. The number of rotatable bonds is 1. The van der Waals surface area contributed by atoms with E-state index in [0.717, 1.165) is 29.6 Å². The van der Waals surface area contributed by atoms with Gasteiger partial charge in [0.05, 0.1) is 5.56 Å². The highest BCUT2D eigenvalue weighted by atomic mass is 16.2. The molecule has 2 heterocycles. The van der Waals surface area contributed by atoms with Crippen LogP contribution in [0.4, 0.5) is 0 Å². The molecule has 0 saturated carbocycles. The summed E-state index contributed by atoms with van der Waals surface area (Å²) in [5, 5.41) is 1.06. The molecule has 1 aromatic heterocycles. The third-order valence-corrected chi connectivity index (χ3v) is 4.28. The lowest BCUT2D eigenvalue weighted by atomic mass is 9.91. The Hall–Kier alpha value is -1.77. The van der Waals surface area contributed by atoms with Crippen molar-refractivity contribution < 1.29 is 4.79 Å². The zero-order valence-electron chi connectivity index (χ0n) is 12.5. The predicted octanol–water partition coefficient (Wildman–Crippen LogP) is 3.30. The lowest BCUT2D eigenvalue weighted by Crippen LogP contribution is -2.42. The summed E-state index contributed by atoms with van der Waals surface area (Å²) in [6.07, 6.45) is 3.19. The molecule has 3 rings (SSSR count). The van der Waals surface area contributed by atoms with Crippen LogP contribution in [0.25, 0.3) is 10.9 Å². The van der Waals surface area contributed by atoms with E-state index in [1.807, 2.05) is 40.9 Å². The second-order valence-electron chi connectivity index (χ2n) is 6.33. The first kappa shape index (κ1) is 13.2. The van der Waals surface area contributed by atoms with E-state index in [4.69, 9.17) is 0 Å². The number of carbonyl (C=O) groups excluding carboxylic acids is 1. The summed E-state index contributed by atoms with van der Waals surface area (Å²) >= 11 is 0. The molecule has 0 N–H and O–H groups in total. The van der Waals surface area contributed by atoms with Crippen molar-refractivity contribution in [2.24, 2.45) is 18.9 Å². The molecule has 2 aromatic rings. The second kappa shape index (κ2) is 4.97. The summed E-state index contributed by atoms with van der Waals surface area (Å²) in [5.74, 6) is 1.37. The van der Waals surface area contributed by atoms with Gasteiger partial charge in [0.15, 0.2) is 0 Å². The molecule has 3 heteroatoms. The van der Waals surface area contributed by atoms with Gasteiger partial charge in [0.2, 0.25) is 0 Å². The minimum absolute atomic E-state index is 0.181. The van der Waals surface area contributed by atoms with E-state index in [-0.39, 0.29) is 5.91 Å². The molecule has 1 aliphatic rings. The minimum atomic E-state index is 0.181. The van der Waals surface area contributed by atoms with Crippen molar-refractivity contribution in [3.63, 3.8) is 0 Å². The first-order chi connectivity index (χ1) is 9.56. The van der Waals surface area contributed by atoms with Gasteiger partial charge in [0.1, 0.15) is 0 Å². The van der Waals surface area contributed by atoms with Crippen LogP contribution in [0, 0.1) is 11.8 Å². The first-order valence-electron chi connectivity index (χ1n) is 7.39. The van der Waals surface area contributed by atoms with Gasteiger partial charge in [-0.15, -0.1) is 0 Å². The van der Waals surface area contributed by atoms with E-state index < -0.39 is 0 Å². The van der Waals surface area contributed by atoms with Gasteiger partial charge in [-0.05, 0) is 24.3 Å². The molecule has 1 amide bonds. The summed E-state index contributed by atoms with van der Waals surface area (Å²) in [6, 6.07) is 8.12. The first-order valence-corrected chi connectivity index (χ1v) is 7.39. The van der Waals surface area contributed by atoms with Crippen LogP contribution < -0.4 is 0 Å². The number of fused-ring (bicyclic) bond motifs is 1. The molecule has 0 unspecified atom stereocenters. The number of hydrogen-bond donors (Lipinski definition) is 0. The highest BCUT2D eigenvalue weighted by molar-refractivity contribution is 6.07. The fourth-order valence-corrected chi connectivity index (χ4v) is 3.51. The number of aryl methyl sites for hydroxylation is 1.